The third-order valence-electron chi connectivity index (χ3n) is 3.69. The monoisotopic (exact) mass is 276 g/mol. The second-order valence-corrected chi connectivity index (χ2v) is 5.41. The van der Waals surface area contributed by atoms with E-state index in [9.17, 15) is 4.79 Å². The number of methoxy groups -OCH3 is 1. The van der Waals surface area contributed by atoms with Crippen molar-refractivity contribution in [2.24, 2.45) is 0 Å². The fourth-order valence-electron chi connectivity index (χ4n) is 2.22. The Balaban J connectivity index is 1.94. The van der Waals surface area contributed by atoms with Crippen LogP contribution in [0.1, 0.15) is 44.7 Å². The molecule has 4 nitrogen and oxygen atoms in total. The predicted molar refractivity (Wildman–Crippen MR) is 79.8 cm³/mol. The minimum Gasteiger partial charge on any atom is -0.497 e. The number of benzene rings is 1. The molecule has 1 aliphatic rings. The lowest BCUT2D eigenvalue weighted by molar-refractivity contribution is -0.123. The summed E-state index contributed by atoms with van der Waals surface area (Å²) in [5, 5.41) is 6.43. The molecule has 2 N–H and O–H groups in total. The Hall–Kier alpha value is -1.55. The van der Waals surface area contributed by atoms with E-state index in [0.717, 1.165) is 25.0 Å². The van der Waals surface area contributed by atoms with E-state index < -0.39 is 0 Å². The largest absolute Gasteiger partial charge is 0.497 e. The number of carbonyl (C=O) groups is 1. The SMILES string of the molecule is CC[C@H](N[C@H](C)C(=O)NC1CC1)c1ccc(OC)cc1. The van der Waals surface area contributed by atoms with Crippen molar-refractivity contribution in [3.05, 3.63) is 29.8 Å². The van der Waals surface area contributed by atoms with Crippen LogP contribution in [0, 0.1) is 0 Å². The molecule has 1 saturated carbocycles. The fourth-order valence-corrected chi connectivity index (χ4v) is 2.22. The van der Waals surface area contributed by atoms with E-state index in [4.69, 9.17) is 4.74 Å². The van der Waals surface area contributed by atoms with Crippen molar-refractivity contribution in [1.82, 2.24) is 10.6 Å². The minimum atomic E-state index is -0.178. The summed E-state index contributed by atoms with van der Waals surface area (Å²) in [7, 11) is 1.66. The maximum absolute atomic E-state index is 12.0. The van der Waals surface area contributed by atoms with Crippen molar-refractivity contribution in [1.29, 1.82) is 0 Å². The lowest BCUT2D eigenvalue weighted by Crippen LogP contribution is -2.44. The zero-order chi connectivity index (χ0) is 14.5. The molecule has 1 fully saturated rings. The standard InChI is InChI=1S/C16H24N2O2/c1-4-15(12-5-9-14(20-3)10-6-12)17-11(2)16(19)18-13-7-8-13/h5-6,9-11,13,15,17H,4,7-8H2,1-3H3,(H,18,19)/t11-,15+/m1/s1. The highest BCUT2D eigenvalue weighted by Crippen LogP contribution is 2.21. The van der Waals surface area contributed by atoms with Crippen LogP contribution in [-0.4, -0.2) is 25.1 Å². The van der Waals surface area contributed by atoms with E-state index in [-0.39, 0.29) is 18.0 Å². The molecule has 0 unspecified atom stereocenters. The van der Waals surface area contributed by atoms with Crippen LogP contribution >= 0.6 is 0 Å². The zero-order valence-corrected chi connectivity index (χ0v) is 12.5. The first-order chi connectivity index (χ1) is 9.63. The maximum atomic E-state index is 12.0. The van der Waals surface area contributed by atoms with Crippen LogP contribution in [0.25, 0.3) is 0 Å². The molecule has 20 heavy (non-hydrogen) atoms. The number of nitrogens with one attached hydrogen (secondary N) is 2. The molecule has 1 aromatic rings. The van der Waals surface area contributed by atoms with Gasteiger partial charge in [-0.3, -0.25) is 10.1 Å². The molecule has 0 aliphatic heterocycles. The van der Waals surface area contributed by atoms with Gasteiger partial charge in [0.2, 0.25) is 5.91 Å². The molecule has 0 aromatic heterocycles. The highest BCUT2D eigenvalue weighted by atomic mass is 16.5. The summed E-state index contributed by atoms with van der Waals surface area (Å²) in [5.74, 6) is 0.947. The molecule has 0 bridgehead atoms. The van der Waals surface area contributed by atoms with Gasteiger partial charge < -0.3 is 10.1 Å². The highest BCUT2D eigenvalue weighted by molar-refractivity contribution is 5.81. The Labute approximate surface area is 120 Å². The van der Waals surface area contributed by atoms with Crippen molar-refractivity contribution in [2.75, 3.05) is 7.11 Å². The van der Waals surface area contributed by atoms with Crippen molar-refractivity contribution >= 4 is 5.91 Å². The lowest BCUT2D eigenvalue weighted by Gasteiger charge is -2.22. The van der Waals surface area contributed by atoms with E-state index in [0.29, 0.717) is 6.04 Å². The summed E-state index contributed by atoms with van der Waals surface area (Å²) in [6, 6.07) is 8.41. The van der Waals surface area contributed by atoms with Crippen LogP contribution in [-0.2, 0) is 4.79 Å². The summed E-state index contributed by atoms with van der Waals surface area (Å²) in [4.78, 5) is 12.0. The van der Waals surface area contributed by atoms with Gasteiger partial charge in [0.25, 0.3) is 0 Å². The number of hydrogen-bond acceptors (Lipinski definition) is 3. The van der Waals surface area contributed by atoms with E-state index in [2.05, 4.69) is 17.6 Å². The summed E-state index contributed by atoms with van der Waals surface area (Å²) >= 11 is 0. The summed E-state index contributed by atoms with van der Waals surface area (Å²) in [5.41, 5.74) is 1.18. The van der Waals surface area contributed by atoms with Gasteiger partial charge in [-0.15, -0.1) is 0 Å². The van der Waals surface area contributed by atoms with Crippen molar-refractivity contribution in [3.8, 4) is 5.75 Å². The van der Waals surface area contributed by atoms with Crippen LogP contribution in [0.15, 0.2) is 24.3 Å². The second-order valence-electron chi connectivity index (χ2n) is 5.41. The molecule has 2 atom stereocenters. The van der Waals surface area contributed by atoms with Gasteiger partial charge in [-0.25, -0.2) is 0 Å². The van der Waals surface area contributed by atoms with Crippen LogP contribution in [0.5, 0.6) is 5.75 Å². The molecule has 2 rings (SSSR count). The van der Waals surface area contributed by atoms with Crippen LogP contribution in [0.2, 0.25) is 0 Å². The molecular formula is C16H24N2O2. The molecule has 0 heterocycles. The Kier molecular flexibility index (Phi) is 5.01. The average Bonchev–Trinajstić information content (AvgIpc) is 3.28. The first kappa shape index (κ1) is 14.9. The van der Waals surface area contributed by atoms with Gasteiger partial charge in [-0.1, -0.05) is 19.1 Å². The molecule has 1 aromatic carbocycles. The molecule has 4 heteroatoms. The summed E-state index contributed by atoms with van der Waals surface area (Å²) < 4.78 is 5.17. The third kappa shape index (κ3) is 3.97. The Morgan fingerprint density at radius 2 is 2.00 bits per heavy atom. The van der Waals surface area contributed by atoms with Gasteiger partial charge >= 0.3 is 0 Å². The van der Waals surface area contributed by atoms with Crippen molar-refractivity contribution < 1.29 is 9.53 Å². The van der Waals surface area contributed by atoms with Gasteiger partial charge in [0, 0.05) is 12.1 Å². The Morgan fingerprint density at radius 3 is 2.50 bits per heavy atom. The molecule has 1 amide bonds. The van der Waals surface area contributed by atoms with Gasteiger partial charge in [0.15, 0.2) is 0 Å². The highest BCUT2D eigenvalue weighted by Gasteiger charge is 2.26. The number of carbonyl (C=O) groups excluding carboxylic acids is 1. The first-order valence-electron chi connectivity index (χ1n) is 7.34. The first-order valence-corrected chi connectivity index (χ1v) is 7.34. The molecule has 1 aliphatic carbocycles. The van der Waals surface area contributed by atoms with Crippen molar-refractivity contribution in [2.45, 2.75) is 51.2 Å². The molecule has 0 radical (unpaired) electrons. The van der Waals surface area contributed by atoms with Gasteiger partial charge in [0.05, 0.1) is 13.2 Å². The van der Waals surface area contributed by atoms with E-state index in [1.54, 1.807) is 7.11 Å². The fraction of sp³-hybridized carbons (Fsp3) is 0.562. The van der Waals surface area contributed by atoms with Gasteiger partial charge in [0.1, 0.15) is 5.75 Å². The minimum absolute atomic E-state index is 0.0967. The average molecular weight is 276 g/mol. The van der Waals surface area contributed by atoms with Crippen LogP contribution < -0.4 is 15.4 Å². The lowest BCUT2D eigenvalue weighted by atomic mass is 10.0. The maximum Gasteiger partial charge on any atom is 0.237 e. The second kappa shape index (κ2) is 6.75. The topological polar surface area (TPSA) is 50.4 Å². The van der Waals surface area contributed by atoms with Gasteiger partial charge in [-0.2, -0.15) is 0 Å². The summed E-state index contributed by atoms with van der Waals surface area (Å²) in [6.07, 6.45) is 3.18. The molecule has 0 spiro atoms. The van der Waals surface area contributed by atoms with E-state index in [1.165, 1.54) is 5.56 Å². The van der Waals surface area contributed by atoms with Gasteiger partial charge in [-0.05, 0) is 43.9 Å². The zero-order valence-electron chi connectivity index (χ0n) is 12.5. The third-order valence-corrected chi connectivity index (χ3v) is 3.69. The number of hydrogen-bond donors (Lipinski definition) is 2. The molecule has 110 valence electrons. The smallest absolute Gasteiger partial charge is 0.237 e. The predicted octanol–water partition coefficient (Wildman–Crippen LogP) is 2.40. The van der Waals surface area contributed by atoms with Crippen LogP contribution in [0.3, 0.4) is 0 Å². The number of ether oxygens (including phenoxy) is 1. The van der Waals surface area contributed by atoms with E-state index >= 15 is 0 Å². The number of amides is 1. The molecular weight excluding hydrogens is 252 g/mol. The summed E-state index contributed by atoms with van der Waals surface area (Å²) in [6.45, 7) is 4.04. The number of rotatable bonds is 7. The van der Waals surface area contributed by atoms with E-state index in [1.807, 2.05) is 31.2 Å². The van der Waals surface area contributed by atoms with Crippen LogP contribution in [0.4, 0.5) is 0 Å². The molecule has 0 saturated heterocycles. The Morgan fingerprint density at radius 1 is 1.35 bits per heavy atom. The van der Waals surface area contributed by atoms with Crippen molar-refractivity contribution in [3.63, 3.8) is 0 Å². The normalized spacial score (nSPS) is 17.4. The Bertz CT molecular complexity index is 440. The quantitative estimate of drug-likeness (QED) is 0.804.